The molecule has 2 amide bonds. The average molecular weight is 436 g/mol. The van der Waals surface area contributed by atoms with Crippen LogP contribution in [-0.2, 0) is 17.6 Å². The maximum atomic E-state index is 13.2. The number of benzene rings is 1. The second-order valence-corrected chi connectivity index (χ2v) is 7.69. The molecule has 152 valence electrons. The Bertz CT molecular complexity index is 1010. The topological polar surface area (TPSA) is 113 Å². The van der Waals surface area contributed by atoms with Crippen molar-refractivity contribution in [1.29, 1.82) is 0 Å². The summed E-state index contributed by atoms with van der Waals surface area (Å²) < 4.78 is 39.7. The number of halogens is 1. The molecule has 2 atom stereocenters. The Morgan fingerprint density at radius 1 is 1.38 bits per heavy atom. The third-order valence-electron chi connectivity index (χ3n) is 3.83. The molecule has 11 heteroatoms. The number of ether oxygens (including phenoxy) is 1. The summed E-state index contributed by atoms with van der Waals surface area (Å²) >= 11 is -1.13. The standard InChI is InChI=1S/C18H17FN4O4S2/c1-27-15-6-5-12(9-20-15)16(29(25)26)14-10-28-18(22-14)23-17(24)21-8-11-3-2-4-13(19)7-11/h2-7,9-10,16H,8H2,1H3,(H,25,26)(H2,21,22,23,24). The van der Waals surface area contributed by atoms with Crippen LogP contribution in [-0.4, -0.2) is 31.9 Å². The first kappa shape index (κ1) is 20.8. The van der Waals surface area contributed by atoms with E-state index in [0.717, 1.165) is 11.3 Å². The third-order valence-corrected chi connectivity index (χ3v) is 5.52. The number of pyridine rings is 1. The van der Waals surface area contributed by atoms with E-state index in [4.69, 9.17) is 4.74 Å². The van der Waals surface area contributed by atoms with Crippen molar-refractivity contribution in [2.45, 2.75) is 11.8 Å². The largest absolute Gasteiger partial charge is 0.481 e. The van der Waals surface area contributed by atoms with Crippen LogP contribution in [0.25, 0.3) is 0 Å². The molecule has 3 rings (SSSR count). The predicted octanol–water partition coefficient (Wildman–Crippen LogP) is 3.32. The molecule has 0 saturated heterocycles. The summed E-state index contributed by atoms with van der Waals surface area (Å²) in [4.78, 5) is 20.3. The van der Waals surface area contributed by atoms with E-state index in [1.165, 1.54) is 25.4 Å². The molecule has 0 aliphatic heterocycles. The fourth-order valence-corrected chi connectivity index (χ4v) is 4.01. The lowest BCUT2D eigenvalue weighted by atomic mass is 10.1. The highest BCUT2D eigenvalue weighted by Gasteiger charge is 2.24. The maximum Gasteiger partial charge on any atom is 0.321 e. The highest BCUT2D eigenvalue weighted by atomic mass is 32.2. The molecule has 0 saturated carbocycles. The first-order chi connectivity index (χ1) is 14.0. The predicted molar refractivity (Wildman–Crippen MR) is 108 cm³/mol. The van der Waals surface area contributed by atoms with Gasteiger partial charge in [-0.25, -0.2) is 23.4 Å². The zero-order valence-corrected chi connectivity index (χ0v) is 16.8. The van der Waals surface area contributed by atoms with Crippen molar-refractivity contribution in [3.8, 4) is 5.88 Å². The Morgan fingerprint density at radius 2 is 2.21 bits per heavy atom. The number of amides is 2. The molecule has 0 aliphatic carbocycles. The summed E-state index contributed by atoms with van der Waals surface area (Å²) in [6.07, 6.45) is 1.44. The van der Waals surface area contributed by atoms with Crippen LogP contribution in [0.2, 0.25) is 0 Å². The molecule has 2 heterocycles. The van der Waals surface area contributed by atoms with Crippen LogP contribution in [0.3, 0.4) is 0 Å². The van der Waals surface area contributed by atoms with Crippen LogP contribution in [0, 0.1) is 5.82 Å². The number of nitrogens with zero attached hydrogens (tertiary/aromatic N) is 2. The minimum Gasteiger partial charge on any atom is -0.481 e. The number of methoxy groups -OCH3 is 1. The summed E-state index contributed by atoms with van der Waals surface area (Å²) in [6, 6.07) is 8.58. The molecule has 0 aliphatic rings. The lowest BCUT2D eigenvalue weighted by molar-refractivity contribution is 0.251. The molecule has 2 aromatic heterocycles. The van der Waals surface area contributed by atoms with E-state index in [1.54, 1.807) is 29.6 Å². The van der Waals surface area contributed by atoms with Gasteiger partial charge in [-0.3, -0.25) is 5.32 Å². The van der Waals surface area contributed by atoms with Crippen molar-refractivity contribution in [3.05, 3.63) is 70.6 Å². The first-order valence-electron chi connectivity index (χ1n) is 8.30. The van der Waals surface area contributed by atoms with Gasteiger partial charge in [-0.1, -0.05) is 18.2 Å². The van der Waals surface area contributed by atoms with E-state index in [2.05, 4.69) is 20.6 Å². The van der Waals surface area contributed by atoms with Gasteiger partial charge in [-0.2, -0.15) is 0 Å². The lowest BCUT2D eigenvalue weighted by Gasteiger charge is -2.11. The fourth-order valence-electron chi connectivity index (χ4n) is 2.49. The molecule has 0 fully saturated rings. The van der Waals surface area contributed by atoms with Gasteiger partial charge in [-0.15, -0.1) is 11.3 Å². The van der Waals surface area contributed by atoms with Gasteiger partial charge in [0.25, 0.3) is 0 Å². The number of hydrogen-bond acceptors (Lipinski definition) is 6. The van der Waals surface area contributed by atoms with Gasteiger partial charge in [-0.05, 0) is 23.3 Å². The normalized spacial score (nSPS) is 12.8. The molecule has 1 aromatic carbocycles. The van der Waals surface area contributed by atoms with Crippen LogP contribution >= 0.6 is 11.3 Å². The highest BCUT2D eigenvalue weighted by molar-refractivity contribution is 7.79. The zero-order chi connectivity index (χ0) is 20.8. The van der Waals surface area contributed by atoms with Gasteiger partial charge >= 0.3 is 6.03 Å². The Balaban J connectivity index is 1.66. The number of carbonyl (C=O) groups excluding carboxylic acids is 1. The number of hydrogen-bond donors (Lipinski definition) is 3. The van der Waals surface area contributed by atoms with Crippen molar-refractivity contribution < 1.29 is 22.7 Å². The zero-order valence-electron chi connectivity index (χ0n) is 15.2. The average Bonchev–Trinajstić information content (AvgIpc) is 3.14. The molecular formula is C18H17FN4O4S2. The van der Waals surface area contributed by atoms with E-state index in [0.29, 0.717) is 22.7 Å². The Morgan fingerprint density at radius 3 is 2.86 bits per heavy atom. The number of nitrogens with one attached hydrogen (secondary N) is 2. The van der Waals surface area contributed by atoms with Crippen LogP contribution in [0.5, 0.6) is 5.88 Å². The van der Waals surface area contributed by atoms with E-state index in [-0.39, 0.29) is 17.5 Å². The molecule has 3 N–H and O–H groups in total. The molecule has 29 heavy (non-hydrogen) atoms. The highest BCUT2D eigenvalue weighted by Crippen LogP contribution is 2.30. The second-order valence-electron chi connectivity index (χ2n) is 5.81. The van der Waals surface area contributed by atoms with Gasteiger partial charge in [0.2, 0.25) is 5.88 Å². The molecule has 3 aromatic rings. The van der Waals surface area contributed by atoms with Crippen molar-refractivity contribution in [3.63, 3.8) is 0 Å². The van der Waals surface area contributed by atoms with Gasteiger partial charge in [0, 0.05) is 24.2 Å². The smallest absolute Gasteiger partial charge is 0.321 e. The van der Waals surface area contributed by atoms with E-state index in [9.17, 15) is 17.9 Å². The summed E-state index contributed by atoms with van der Waals surface area (Å²) in [5, 5.41) is 6.08. The third kappa shape index (κ3) is 5.56. The van der Waals surface area contributed by atoms with Gasteiger partial charge < -0.3 is 14.6 Å². The monoisotopic (exact) mass is 436 g/mol. The number of thiazole rings is 1. The van der Waals surface area contributed by atoms with Gasteiger partial charge in [0.1, 0.15) is 11.1 Å². The van der Waals surface area contributed by atoms with Crippen LogP contribution < -0.4 is 15.4 Å². The number of urea groups is 1. The first-order valence-corrected chi connectivity index (χ1v) is 10.4. The molecule has 0 bridgehead atoms. The van der Waals surface area contributed by atoms with Crippen molar-refractivity contribution in [1.82, 2.24) is 15.3 Å². The quantitative estimate of drug-likeness (QED) is 0.490. The Labute approximate surface area is 172 Å². The van der Waals surface area contributed by atoms with E-state index < -0.39 is 22.4 Å². The second kappa shape index (κ2) is 9.54. The van der Waals surface area contributed by atoms with E-state index >= 15 is 0 Å². The number of anilines is 1. The van der Waals surface area contributed by atoms with E-state index in [1.807, 2.05) is 0 Å². The lowest BCUT2D eigenvalue weighted by Crippen LogP contribution is -2.28. The van der Waals surface area contributed by atoms with Crippen LogP contribution in [0.4, 0.5) is 14.3 Å². The maximum absolute atomic E-state index is 13.2. The summed E-state index contributed by atoms with van der Waals surface area (Å²) in [5.41, 5.74) is 1.42. The van der Waals surface area contributed by atoms with Gasteiger partial charge in [0.15, 0.2) is 16.2 Å². The number of carbonyl (C=O) groups is 1. The van der Waals surface area contributed by atoms with Crippen molar-refractivity contribution >= 4 is 33.6 Å². The Hall–Kier alpha value is -2.89. The van der Waals surface area contributed by atoms with Crippen molar-refractivity contribution in [2.75, 3.05) is 12.4 Å². The molecular weight excluding hydrogens is 419 g/mol. The Kier molecular flexibility index (Phi) is 6.86. The molecule has 8 nitrogen and oxygen atoms in total. The number of rotatable bonds is 7. The molecule has 0 spiro atoms. The van der Waals surface area contributed by atoms with Crippen LogP contribution in [0.1, 0.15) is 22.1 Å². The number of aromatic nitrogens is 2. The fraction of sp³-hybridized carbons (Fsp3) is 0.167. The molecule has 2 unspecified atom stereocenters. The van der Waals surface area contributed by atoms with Gasteiger partial charge in [0.05, 0.1) is 12.8 Å². The summed E-state index contributed by atoms with van der Waals surface area (Å²) in [5.74, 6) is -0.00263. The van der Waals surface area contributed by atoms with Crippen molar-refractivity contribution in [2.24, 2.45) is 0 Å². The minimum atomic E-state index is -2.24. The minimum absolute atomic E-state index is 0.141. The molecule has 0 radical (unpaired) electrons. The summed E-state index contributed by atoms with van der Waals surface area (Å²) in [6.45, 7) is 0.141. The SMILES string of the molecule is COc1ccc(C(c2csc(NC(=O)NCc3cccc(F)c3)n2)S(=O)O)cn1. The summed E-state index contributed by atoms with van der Waals surface area (Å²) in [7, 11) is 1.47. The van der Waals surface area contributed by atoms with Crippen LogP contribution in [0.15, 0.2) is 48.0 Å².